The third-order valence-corrected chi connectivity index (χ3v) is 4.27. The van der Waals surface area contributed by atoms with Crippen molar-refractivity contribution in [1.82, 2.24) is 20.4 Å². The molecule has 1 amide bonds. The van der Waals surface area contributed by atoms with Crippen LogP contribution >= 0.6 is 11.3 Å². The third-order valence-electron chi connectivity index (χ3n) is 3.25. The van der Waals surface area contributed by atoms with E-state index in [-0.39, 0.29) is 18.4 Å². The van der Waals surface area contributed by atoms with E-state index < -0.39 is 0 Å². The molecule has 3 aromatic heterocycles. The number of rotatable bonds is 5. The van der Waals surface area contributed by atoms with Crippen LogP contribution in [-0.2, 0) is 11.2 Å². The maximum atomic E-state index is 12.1. The van der Waals surface area contributed by atoms with Crippen molar-refractivity contribution in [3.63, 3.8) is 0 Å². The van der Waals surface area contributed by atoms with E-state index in [4.69, 9.17) is 4.52 Å². The van der Waals surface area contributed by atoms with Crippen LogP contribution in [0.5, 0.6) is 0 Å². The standard InChI is InChI=1S/C16H16N4O2S/c1-10-6-13(20-22-10)7-15(21)18-11(2)16-19-14(9-23-16)12-4-3-5-17-8-12/h3-6,8-9,11H,7H2,1-2H3,(H,18,21)/t11-/m0/s1. The highest BCUT2D eigenvalue weighted by Crippen LogP contribution is 2.24. The number of hydrogen-bond donors (Lipinski definition) is 1. The van der Waals surface area contributed by atoms with E-state index in [1.54, 1.807) is 25.4 Å². The van der Waals surface area contributed by atoms with Crippen LogP contribution in [0.1, 0.15) is 29.4 Å². The average molecular weight is 328 g/mol. The summed E-state index contributed by atoms with van der Waals surface area (Å²) in [6.45, 7) is 3.71. The number of nitrogens with zero attached hydrogens (tertiary/aromatic N) is 3. The van der Waals surface area contributed by atoms with Crippen LogP contribution in [0.2, 0.25) is 0 Å². The number of nitrogens with one attached hydrogen (secondary N) is 1. The van der Waals surface area contributed by atoms with Gasteiger partial charge in [0.1, 0.15) is 10.8 Å². The summed E-state index contributed by atoms with van der Waals surface area (Å²) in [6, 6.07) is 5.43. The molecule has 0 radical (unpaired) electrons. The van der Waals surface area contributed by atoms with Gasteiger partial charge in [-0.05, 0) is 26.0 Å². The van der Waals surface area contributed by atoms with Crippen LogP contribution in [-0.4, -0.2) is 21.0 Å². The maximum Gasteiger partial charge on any atom is 0.226 e. The van der Waals surface area contributed by atoms with Gasteiger partial charge in [-0.15, -0.1) is 11.3 Å². The van der Waals surface area contributed by atoms with E-state index in [9.17, 15) is 4.79 Å². The van der Waals surface area contributed by atoms with Gasteiger partial charge in [0.25, 0.3) is 0 Å². The number of amides is 1. The highest BCUT2D eigenvalue weighted by atomic mass is 32.1. The lowest BCUT2D eigenvalue weighted by molar-refractivity contribution is -0.121. The highest BCUT2D eigenvalue weighted by molar-refractivity contribution is 7.10. The summed E-state index contributed by atoms with van der Waals surface area (Å²) in [5.41, 5.74) is 2.46. The Morgan fingerprint density at radius 3 is 3.04 bits per heavy atom. The van der Waals surface area contributed by atoms with Gasteiger partial charge >= 0.3 is 0 Å². The normalized spacial score (nSPS) is 12.1. The van der Waals surface area contributed by atoms with Gasteiger partial charge in [0.2, 0.25) is 5.91 Å². The van der Waals surface area contributed by atoms with Gasteiger partial charge in [-0.2, -0.15) is 0 Å². The summed E-state index contributed by atoms with van der Waals surface area (Å²) in [4.78, 5) is 20.7. The van der Waals surface area contributed by atoms with Gasteiger partial charge in [-0.25, -0.2) is 4.98 Å². The summed E-state index contributed by atoms with van der Waals surface area (Å²) < 4.78 is 4.96. The lowest BCUT2D eigenvalue weighted by atomic mass is 10.2. The second-order valence-electron chi connectivity index (χ2n) is 5.21. The van der Waals surface area contributed by atoms with E-state index in [0.717, 1.165) is 16.3 Å². The summed E-state index contributed by atoms with van der Waals surface area (Å²) in [5.74, 6) is 0.589. The summed E-state index contributed by atoms with van der Waals surface area (Å²) in [6.07, 6.45) is 3.70. The molecule has 0 spiro atoms. The van der Waals surface area contributed by atoms with Crippen LogP contribution in [0.3, 0.4) is 0 Å². The monoisotopic (exact) mass is 328 g/mol. The molecule has 23 heavy (non-hydrogen) atoms. The molecule has 0 aliphatic heterocycles. The molecule has 0 unspecified atom stereocenters. The Balaban J connectivity index is 1.63. The smallest absolute Gasteiger partial charge is 0.226 e. The minimum absolute atomic E-state index is 0.107. The van der Waals surface area contributed by atoms with Gasteiger partial charge in [0.05, 0.1) is 23.9 Å². The Hall–Kier alpha value is -2.54. The Labute approximate surface area is 137 Å². The molecular weight excluding hydrogens is 312 g/mol. The van der Waals surface area contributed by atoms with E-state index in [0.29, 0.717) is 11.5 Å². The third kappa shape index (κ3) is 3.81. The molecule has 3 rings (SSSR count). The van der Waals surface area contributed by atoms with Crippen LogP contribution in [0.4, 0.5) is 0 Å². The van der Waals surface area contributed by atoms with E-state index in [1.165, 1.54) is 11.3 Å². The Morgan fingerprint density at radius 2 is 2.35 bits per heavy atom. The summed E-state index contributed by atoms with van der Waals surface area (Å²) >= 11 is 1.52. The molecule has 3 heterocycles. The molecule has 1 atom stereocenters. The fourth-order valence-electron chi connectivity index (χ4n) is 2.15. The average Bonchev–Trinajstić information content (AvgIpc) is 3.17. The molecule has 118 valence electrons. The number of pyridine rings is 1. The van der Waals surface area contributed by atoms with Crippen LogP contribution in [0.15, 0.2) is 40.5 Å². The highest BCUT2D eigenvalue weighted by Gasteiger charge is 2.15. The van der Waals surface area contributed by atoms with Crippen LogP contribution in [0.25, 0.3) is 11.3 Å². The zero-order valence-electron chi connectivity index (χ0n) is 12.8. The molecule has 0 fully saturated rings. The van der Waals surface area contributed by atoms with Crippen molar-refractivity contribution in [2.45, 2.75) is 26.3 Å². The molecular formula is C16H16N4O2S. The zero-order valence-corrected chi connectivity index (χ0v) is 13.6. The molecule has 0 aliphatic carbocycles. The predicted molar refractivity (Wildman–Crippen MR) is 86.8 cm³/mol. The zero-order chi connectivity index (χ0) is 16.2. The molecule has 1 N–H and O–H groups in total. The van der Waals surface area contributed by atoms with Gasteiger partial charge in [0, 0.05) is 29.4 Å². The number of hydrogen-bond acceptors (Lipinski definition) is 6. The van der Waals surface area contributed by atoms with Crippen molar-refractivity contribution in [2.75, 3.05) is 0 Å². The first-order chi connectivity index (χ1) is 11.1. The molecule has 6 nitrogen and oxygen atoms in total. The fraction of sp³-hybridized carbons (Fsp3) is 0.250. The van der Waals surface area contributed by atoms with Crippen LogP contribution < -0.4 is 5.32 Å². The van der Waals surface area contributed by atoms with E-state index in [2.05, 4.69) is 20.4 Å². The SMILES string of the molecule is Cc1cc(CC(=O)N[C@@H](C)c2nc(-c3cccnc3)cs2)no1. The second kappa shape index (κ2) is 6.70. The first kappa shape index (κ1) is 15.4. The Morgan fingerprint density at radius 1 is 1.48 bits per heavy atom. The molecule has 0 saturated heterocycles. The summed E-state index contributed by atoms with van der Waals surface area (Å²) in [7, 11) is 0. The van der Waals surface area contributed by atoms with Crippen molar-refractivity contribution in [2.24, 2.45) is 0 Å². The lowest BCUT2D eigenvalue weighted by Gasteiger charge is -2.10. The molecule has 0 saturated carbocycles. The topological polar surface area (TPSA) is 80.9 Å². The lowest BCUT2D eigenvalue weighted by Crippen LogP contribution is -2.28. The first-order valence-corrected chi connectivity index (χ1v) is 8.07. The quantitative estimate of drug-likeness (QED) is 0.779. The van der Waals surface area contributed by atoms with Gasteiger partial charge < -0.3 is 9.84 Å². The molecule has 0 aromatic carbocycles. The second-order valence-corrected chi connectivity index (χ2v) is 6.10. The van der Waals surface area contributed by atoms with Crippen molar-refractivity contribution in [3.05, 3.63) is 52.4 Å². The van der Waals surface area contributed by atoms with E-state index in [1.807, 2.05) is 24.4 Å². The molecule has 3 aromatic rings. The number of carbonyl (C=O) groups is 1. The van der Waals surface area contributed by atoms with Crippen molar-refractivity contribution < 1.29 is 9.32 Å². The minimum Gasteiger partial charge on any atom is -0.361 e. The minimum atomic E-state index is -0.161. The van der Waals surface area contributed by atoms with Gasteiger partial charge in [0.15, 0.2) is 0 Å². The van der Waals surface area contributed by atoms with Crippen molar-refractivity contribution >= 4 is 17.2 Å². The maximum absolute atomic E-state index is 12.1. The Bertz CT molecular complexity index is 797. The van der Waals surface area contributed by atoms with Crippen molar-refractivity contribution in [1.29, 1.82) is 0 Å². The predicted octanol–water partition coefficient (Wildman–Crippen LogP) is 2.92. The van der Waals surface area contributed by atoms with Crippen LogP contribution in [0, 0.1) is 6.92 Å². The van der Waals surface area contributed by atoms with Gasteiger partial charge in [-0.1, -0.05) is 5.16 Å². The molecule has 0 aliphatic rings. The number of carbonyl (C=O) groups excluding carboxylic acids is 1. The first-order valence-electron chi connectivity index (χ1n) is 7.19. The Kier molecular flexibility index (Phi) is 4.47. The summed E-state index contributed by atoms with van der Waals surface area (Å²) in [5, 5.41) is 9.58. The molecule has 0 bridgehead atoms. The largest absolute Gasteiger partial charge is 0.361 e. The molecule has 7 heteroatoms. The number of thiazole rings is 1. The number of aryl methyl sites for hydroxylation is 1. The van der Waals surface area contributed by atoms with Crippen molar-refractivity contribution in [3.8, 4) is 11.3 Å². The number of aromatic nitrogens is 3. The fourth-order valence-corrected chi connectivity index (χ4v) is 2.99. The van der Waals surface area contributed by atoms with Gasteiger partial charge in [-0.3, -0.25) is 9.78 Å². The van der Waals surface area contributed by atoms with E-state index >= 15 is 0 Å².